The van der Waals surface area contributed by atoms with E-state index in [0.29, 0.717) is 24.2 Å². The summed E-state index contributed by atoms with van der Waals surface area (Å²) in [6.07, 6.45) is 5.95. The molecule has 1 aliphatic rings. The SMILES string of the molecule is CC(C)Cc1ccc([C@@H]2CCC[C@H](CC(=O)O)C2)cc1. The Kier molecular flexibility index (Phi) is 5.22. The number of benzene rings is 1. The lowest BCUT2D eigenvalue weighted by Gasteiger charge is -2.28. The summed E-state index contributed by atoms with van der Waals surface area (Å²) >= 11 is 0. The number of rotatable bonds is 5. The van der Waals surface area contributed by atoms with Crippen molar-refractivity contribution in [1.82, 2.24) is 0 Å². The average molecular weight is 274 g/mol. The first-order valence-electron chi connectivity index (χ1n) is 7.85. The Balaban J connectivity index is 1.98. The van der Waals surface area contributed by atoms with Crippen LogP contribution >= 0.6 is 0 Å². The molecular weight excluding hydrogens is 248 g/mol. The predicted octanol–water partition coefficient (Wildman–Crippen LogP) is 4.63. The second-order valence-electron chi connectivity index (χ2n) is 6.67. The van der Waals surface area contributed by atoms with Crippen LogP contribution in [0.5, 0.6) is 0 Å². The zero-order valence-electron chi connectivity index (χ0n) is 12.6. The summed E-state index contributed by atoms with van der Waals surface area (Å²) in [5, 5.41) is 8.94. The van der Waals surface area contributed by atoms with E-state index in [1.807, 2.05) is 0 Å². The van der Waals surface area contributed by atoms with E-state index in [9.17, 15) is 4.79 Å². The summed E-state index contributed by atoms with van der Waals surface area (Å²) < 4.78 is 0. The third-order valence-electron chi connectivity index (χ3n) is 4.34. The molecule has 1 N–H and O–H groups in total. The monoisotopic (exact) mass is 274 g/mol. The normalized spacial score (nSPS) is 22.9. The number of carboxylic acid groups (broad SMARTS) is 1. The number of hydrogen-bond acceptors (Lipinski definition) is 1. The van der Waals surface area contributed by atoms with Gasteiger partial charge in [-0.1, -0.05) is 44.5 Å². The Hall–Kier alpha value is -1.31. The first-order chi connectivity index (χ1) is 9.54. The van der Waals surface area contributed by atoms with Gasteiger partial charge in [-0.2, -0.15) is 0 Å². The molecule has 0 aliphatic heterocycles. The first-order valence-corrected chi connectivity index (χ1v) is 7.85. The molecule has 1 aromatic carbocycles. The molecule has 1 aromatic rings. The van der Waals surface area contributed by atoms with Crippen molar-refractivity contribution in [3.05, 3.63) is 35.4 Å². The third kappa shape index (κ3) is 4.36. The van der Waals surface area contributed by atoms with Gasteiger partial charge in [-0.25, -0.2) is 0 Å². The molecule has 20 heavy (non-hydrogen) atoms. The molecule has 0 saturated heterocycles. The Bertz CT molecular complexity index is 433. The Morgan fingerprint density at radius 2 is 1.95 bits per heavy atom. The number of aliphatic carboxylic acids is 1. The lowest BCUT2D eigenvalue weighted by atomic mass is 9.76. The molecular formula is C18H26O2. The predicted molar refractivity (Wildman–Crippen MR) is 81.9 cm³/mol. The zero-order valence-corrected chi connectivity index (χ0v) is 12.6. The van der Waals surface area contributed by atoms with E-state index in [1.54, 1.807) is 0 Å². The number of carboxylic acids is 1. The van der Waals surface area contributed by atoms with Gasteiger partial charge in [-0.05, 0) is 54.6 Å². The maximum atomic E-state index is 10.9. The van der Waals surface area contributed by atoms with Crippen molar-refractivity contribution in [3.63, 3.8) is 0 Å². The van der Waals surface area contributed by atoms with Crippen LogP contribution in [0.4, 0.5) is 0 Å². The lowest BCUT2D eigenvalue weighted by molar-refractivity contribution is -0.138. The highest BCUT2D eigenvalue weighted by Crippen LogP contribution is 2.37. The summed E-state index contributed by atoms with van der Waals surface area (Å²) in [5.74, 6) is 0.959. The van der Waals surface area contributed by atoms with Crippen molar-refractivity contribution >= 4 is 5.97 Å². The van der Waals surface area contributed by atoms with E-state index in [-0.39, 0.29) is 0 Å². The van der Waals surface area contributed by atoms with E-state index in [2.05, 4.69) is 38.1 Å². The molecule has 1 saturated carbocycles. The van der Waals surface area contributed by atoms with Crippen molar-refractivity contribution in [2.75, 3.05) is 0 Å². The summed E-state index contributed by atoms with van der Waals surface area (Å²) in [7, 11) is 0. The van der Waals surface area contributed by atoms with Gasteiger partial charge in [0.25, 0.3) is 0 Å². The van der Waals surface area contributed by atoms with Gasteiger partial charge in [0.2, 0.25) is 0 Å². The fourth-order valence-corrected chi connectivity index (χ4v) is 3.42. The van der Waals surface area contributed by atoms with E-state index >= 15 is 0 Å². The molecule has 0 aromatic heterocycles. The second kappa shape index (κ2) is 6.92. The lowest BCUT2D eigenvalue weighted by Crippen LogP contribution is -2.17. The molecule has 110 valence electrons. The molecule has 0 amide bonds. The van der Waals surface area contributed by atoms with Crippen molar-refractivity contribution in [2.45, 2.75) is 58.3 Å². The highest BCUT2D eigenvalue weighted by Gasteiger charge is 2.24. The summed E-state index contributed by atoms with van der Waals surface area (Å²) in [6.45, 7) is 4.48. The van der Waals surface area contributed by atoms with Crippen LogP contribution in [0, 0.1) is 11.8 Å². The third-order valence-corrected chi connectivity index (χ3v) is 4.34. The molecule has 0 unspecified atom stereocenters. The molecule has 0 spiro atoms. The van der Waals surface area contributed by atoms with E-state index in [1.165, 1.54) is 17.5 Å². The summed E-state index contributed by atoms with van der Waals surface area (Å²) in [5.41, 5.74) is 2.80. The van der Waals surface area contributed by atoms with Gasteiger partial charge in [-0.3, -0.25) is 4.79 Å². The summed E-state index contributed by atoms with van der Waals surface area (Å²) in [6, 6.07) is 9.00. The zero-order chi connectivity index (χ0) is 14.5. The van der Waals surface area contributed by atoms with Gasteiger partial charge >= 0.3 is 5.97 Å². The highest BCUT2D eigenvalue weighted by atomic mass is 16.4. The van der Waals surface area contributed by atoms with E-state index in [0.717, 1.165) is 25.7 Å². The van der Waals surface area contributed by atoms with Crippen LogP contribution in [0.25, 0.3) is 0 Å². The Morgan fingerprint density at radius 1 is 1.25 bits per heavy atom. The maximum absolute atomic E-state index is 10.9. The van der Waals surface area contributed by atoms with Gasteiger partial charge in [0.1, 0.15) is 0 Å². The Morgan fingerprint density at radius 3 is 2.55 bits per heavy atom. The van der Waals surface area contributed by atoms with Crippen LogP contribution in [0.2, 0.25) is 0 Å². The van der Waals surface area contributed by atoms with Crippen molar-refractivity contribution in [1.29, 1.82) is 0 Å². The number of hydrogen-bond donors (Lipinski definition) is 1. The molecule has 1 aliphatic carbocycles. The van der Waals surface area contributed by atoms with Crippen LogP contribution in [0.1, 0.15) is 63.0 Å². The van der Waals surface area contributed by atoms with Gasteiger partial charge in [-0.15, -0.1) is 0 Å². The topological polar surface area (TPSA) is 37.3 Å². The van der Waals surface area contributed by atoms with Crippen LogP contribution < -0.4 is 0 Å². The van der Waals surface area contributed by atoms with Crippen LogP contribution in [-0.2, 0) is 11.2 Å². The molecule has 0 bridgehead atoms. The molecule has 1 fully saturated rings. The minimum atomic E-state index is -0.650. The molecule has 2 nitrogen and oxygen atoms in total. The quantitative estimate of drug-likeness (QED) is 0.849. The first kappa shape index (κ1) is 15.1. The van der Waals surface area contributed by atoms with Gasteiger partial charge in [0.05, 0.1) is 0 Å². The Labute approximate surface area is 122 Å². The minimum Gasteiger partial charge on any atom is -0.481 e. The molecule has 0 heterocycles. The van der Waals surface area contributed by atoms with Gasteiger partial charge in [0.15, 0.2) is 0 Å². The standard InChI is InChI=1S/C18H26O2/c1-13(2)10-14-6-8-16(9-7-14)17-5-3-4-15(11-17)12-18(19)20/h6-9,13,15,17H,3-5,10-12H2,1-2H3,(H,19,20)/t15-,17+/m0/s1. The minimum absolute atomic E-state index is 0.335. The molecule has 2 heteroatoms. The highest BCUT2D eigenvalue weighted by molar-refractivity contribution is 5.67. The van der Waals surface area contributed by atoms with Crippen LogP contribution in [-0.4, -0.2) is 11.1 Å². The molecule has 2 rings (SSSR count). The van der Waals surface area contributed by atoms with Crippen LogP contribution in [0.15, 0.2) is 24.3 Å². The maximum Gasteiger partial charge on any atom is 0.303 e. The van der Waals surface area contributed by atoms with Gasteiger partial charge < -0.3 is 5.11 Å². The van der Waals surface area contributed by atoms with Crippen molar-refractivity contribution in [2.24, 2.45) is 11.8 Å². The second-order valence-corrected chi connectivity index (χ2v) is 6.67. The molecule has 2 atom stereocenters. The van der Waals surface area contributed by atoms with Crippen LogP contribution in [0.3, 0.4) is 0 Å². The van der Waals surface area contributed by atoms with Gasteiger partial charge in [0, 0.05) is 6.42 Å². The van der Waals surface area contributed by atoms with Crippen molar-refractivity contribution < 1.29 is 9.90 Å². The largest absolute Gasteiger partial charge is 0.481 e. The number of carbonyl (C=O) groups is 1. The smallest absolute Gasteiger partial charge is 0.303 e. The van der Waals surface area contributed by atoms with Crippen molar-refractivity contribution in [3.8, 4) is 0 Å². The fourth-order valence-electron chi connectivity index (χ4n) is 3.42. The van der Waals surface area contributed by atoms with E-state index < -0.39 is 5.97 Å². The van der Waals surface area contributed by atoms with E-state index in [4.69, 9.17) is 5.11 Å². The molecule has 0 radical (unpaired) electrons. The fraction of sp³-hybridized carbons (Fsp3) is 0.611. The average Bonchev–Trinajstić information content (AvgIpc) is 2.38. The summed E-state index contributed by atoms with van der Waals surface area (Å²) in [4.78, 5) is 10.9.